The fourth-order valence-electron chi connectivity index (χ4n) is 3.61. The van der Waals surface area contributed by atoms with Crippen LogP contribution in [0.5, 0.6) is 5.75 Å². The quantitative estimate of drug-likeness (QED) is 0.763. The monoisotopic (exact) mass is 346 g/mol. The molecule has 0 fully saturated rings. The van der Waals surface area contributed by atoms with Crippen LogP contribution >= 0.6 is 0 Å². The molecule has 1 N–H and O–H groups in total. The number of hydrogen-bond acceptors (Lipinski definition) is 2. The SMILES string of the molecule is COc1cccc(C(=O)N2CC=C(c3c[nH]c4c(C)cccc34)CC2)c1. The molecule has 0 spiro atoms. The van der Waals surface area contributed by atoms with Gasteiger partial charge in [0.15, 0.2) is 0 Å². The Morgan fingerprint density at radius 1 is 1.19 bits per heavy atom. The van der Waals surface area contributed by atoms with Crippen molar-refractivity contribution in [2.75, 3.05) is 20.2 Å². The predicted molar refractivity (Wildman–Crippen MR) is 105 cm³/mol. The number of carbonyl (C=O) groups excluding carboxylic acids is 1. The minimum Gasteiger partial charge on any atom is -0.497 e. The Kier molecular flexibility index (Phi) is 4.25. The zero-order valence-electron chi connectivity index (χ0n) is 15.1. The van der Waals surface area contributed by atoms with E-state index in [-0.39, 0.29) is 5.91 Å². The molecule has 1 aromatic heterocycles. The highest BCUT2D eigenvalue weighted by Gasteiger charge is 2.21. The minimum absolute atomic E-state index is 0.0500. The van der Waals surface area contributed by atoms with Gasteiger partial charge in [0.05, 0.1) is 7.11 Å². The number of ether oxygens (including phenoxy) is 1. The van der Waals surface area contributed by atoms with E-state index in [2.05, 4.69) is 42.4 Å². The molecule has 0 aliphatic carbocycles. The summed E-state index contributed by atoms with van der Waals surface area (Å²) in [6, 6.07) is 13.7. The van der Waals surface area contributed by atoms with E-state index < -0.39 is 0 Å². The molecule has 0 atom stereocenters. The highest BCUT2D eigenvalue weighted by Crippen LogP contribution is 2.30. The third-order valence-electron chi connectivity index (χ3n) is 5.08. The summed E-state index contributed by atoms with van der Waals surface area (Å²) >= 11 is 0. The largest absolute Gasteiger partial charge is 0.497 e. The topological polar surface area (TPSA) is 45.3 Å². The number of amides is 1. The minimum atomic E-state index is 0.0500. The van der Waals surface area contributed by atoms with Crippen LogP contribution in [0.3, 0.4) is 0 Å². The van der Waals surface area contributed by atoms with E-state index in [4.69, 9.17) is 4.74 Å². The smallest absolute Gasteiger partial charge is 0.254 e. The summed E-state index contributed by atoms with van der Waals surface area (Å²) in [5.41, 5.74) is 5.66. The summed E-state index contributed by atoms with van der Waals surface area (Å²) in [5.74, 6) is 0.757. The van der Waals surface area contributed by atoms with Gasteiger partial charge >= 0.3 is 0 Å². The molecular weight excluding hydrogens is 324 g/mol. The lowest BCUT2D eigenvalue weighted by molar-refractivity contribution is 0.0772. The number of H-pyrrole nitrogens is 1. The van der Waals surface area contributed by atoms with Gasteiger partial charge in [-0.1, -0.05) is 30.3 Å². The molecule has 4 rings (SSSR count). The first-order valence-electron chi connectivity index (χ1n) is 8.87. The van der Waals surface area contributed by atoms with Crippen molar-refractivity contribution in [2.24, 2.45) is 0 Å². The predicted octanol–water partition coefficient (Wildman–Crippen LogP) is 4.41. The second-order valence-electron chi connectivity index (χ2n) is 6.66. The Hall–Kier alpha value is -3.01. The number of aromatic amines is 1. The molecule has 26 heavy (non-hydrogen) atoms. The molecule has 1 aliphatic heterocycles. The summed E-state index contributed by atoms with van der Waals surface area (Å²) in [6.45, 7) is 3.47. The molecule has 4 heteroatoms. The average Bonchev–Trinajstić information content (AvgIpc) is 3.13. The van der Waals surface area contributed by atoms with Crippen molar-refractivity contribution in [3.05, 3.63) is 71.4 Å². The maximum Gasteiger partial charge on any atom is 0.254 e. The Bertz CT molecular complexity index is 1000. The number of nitrogens with zero attached hydrogens (tertiary/aromatic N) is 1. The van der Waals surface area contributed by atoms with Gasteiger partial charge in [0.25, 0.3) is 5.91 Å². The van der Waals surface area contributed by atoms with Crippen LogP contribution in [0.1, 0.15) is 27.9 Å². The zero-order valence-corrected chi connectivity index (χ0v) is 15.1. The highest BCUT2D eigenvalue weighted by atomic mass is 16.5. The number of rotatable bonds is 3. The maximum absolute atomic E-state index is 12.8. The van der Waals surface area contributed by atoms with E-state index in [1.165, 1.54) is 27.6 Å². The summed E-state index contributed by atoms with van der Waals surface area (Å²) in [6.07, 6.45) is 5.12. The number of aromatic nitrogens is 1. The summed E-state index contributed by atoms with van der Waals surface area (Å²) in [4.78, 5) is 18.0. The Morgan fingerprint density at radius 3 is 2.81 bits per heavy atom. The van der Waals surface area contributed by atoms with Crippen LogP contribution in [0.4, 0.5) is 0 Å². The van der Waals surface area contributed by atoms with Crippen LogP contribution in [-0.4, -0.2) is 36.0 Å². The average molecular weight is 346 g/mol. The van der Waals surface area contributed by atoms with Gasteiger partial charge in [-0.3, -0.25) is 4.79 Å². The van der Waals surface area contributed by atoms with E-state index in [0.717, 1.165) is 13.0 Å². The first-order valence-corrected chi connectivity index (χ1v) is 8.87. The number of nitrogens with one attached hydrogen (secondary N) is 1. The Balaban J connectivity index is 1.56. The van der Waals surface area contributed by atoms with E-state index in [1.807, 2.05) is 23.1 Å². The molecule has 1 aliphatic rings. The van der Waals surface area contributed by atoms with Gasteiger partial charge in [-0.15, -0.1) is 0 Å². The molecule has 0 saturated carbocycles. The number of carbonyl (C=O) groups is 1. The number of methoxy groups -OCH3 is 1. The van der Waals surface area contributed by atoms with Crippen molar-refractivity contribution < 1.29 is 9.53 Å². The molecule has 132 valence electrons. The van der Waals surface area contributed by atoms with Gasteiger partial charge in [-0.05, 0) is 42.7 Å². The van der Waals surface area contributed by atoms with Crippen molar-refractivity contribution in [1.29, 1.82) is 0 Å². The maximum atomic E-state index is 12.8. The number of hydrogen-bond donors (Lipinski definition) is 1. The van der Waals surface area contributed by atoms with Gasteiger partial charge in [0.1, 0.15) is 5.75 Å². The van der Waals surface area contributed by atoms with Gasteiger partial charge in [0, 0.05) is 41.3 Å². The third kappa shape index (κ3) is 2.88. The van der Waals surface area contributed by atoms with Crippen LogP contribution in [0.2, 0.25) is 0 Å². The van der Waals surface area contributed by atoms with Crippen molar-refractivity contribution >= 4 is 22.4 Å². The lowest BCUT2D eigenvalue weighted by atomic mass is 9.98. The molecule has 4 nitrogen and oxygen atoms in total. The summed E-state index contributed by atoms with van der Waals surface area (Å²) < 4.78 is 5.22. The van der Waals surface area contributed by atoms with E-state index in [0.29, 0.717) is 17.9 Å². The molecule has 3 aromatic rings. The molecule has 0 unspecified atom stereocenters. The zero-order chi connectivity index (χ0) is 18.1. The molecule has 0 radical (unpaired) electrons. The number of benzene rings is 2. The molecule has 0 saturated heterocycles. The van der Waals surface area contributed by atoms with E-state index in [9.17, 15) is 4.79 Å². The van der Waals surface area contributed by atoms with E-state index in [1.54, 1.807) is 13.2 Å². The highest BCUT2D eigenvalue weighted by molar-refractivity contribution is 5.97. The van der Waals surface area contributed by atoms with Crippen LogP contribution in [0.15, 0.2) is 54.7 Å². The van der Waals surface area contributed by atoms with Crippen molar-refractivity contribution in [2.45, 2.75) is 13.3 Å². The molecule has 0 bridgehead atoms. The van der Waals surface area contributed by atoms with Crippen molar-refractivity contribution in [3.63, 3.8) is 0 Å². The normalized spacial score (nSPS) is 14.4. The number of para-hydroxylation sites is 1. The third-order valence-corrected chi connectivity index (χ3v) is 5.08. The second-order valence-corrected chi connectivity index (χ2v) is 6.66. The fourth-order valence-corrected chi connectivity index (χ4v) is 3.61. The van der Waals surface area contributed by atoms with Crippen LogP contribution in [0, 0.1) is 6.92 Å². The number of fused-ring (bicyclic) bond motifs is 1. The molecule has 2 aromatic carbocycles. The van der Waals surface area contributed by atoms with Crippen LogP contribution in [0.25, 0.3) is 16.5 Å². The van der Waals surface area contributed by atoms with Crippen molar-refractivity contribution in [1.82, 2.24) is 9.88 Å². The Morgan fingerprint density at radius 2 is 2.04 bits per heavy atom. The van der Waals surface area contributed by atoms with Gasteiger partial charge in [-0.25, -0.2) is 0 Å². The van der Waals surface area contributed by atoms with Gasteiger partial charge in [0.2, 0.25) is 0 Å². The summed E-state index contributed by atoms with van der Waals surface area (Å²) in [5, 5.41) is 1.25. The Labute approximate surface area is 153 Å². The van der Waals surface area contributed by atoms with Crippen LogP contribution < -0.4 is 4.74 Å². The standard InChI is InChI=1S/C22H22N2O2/c1-15-5-3-8-19-20(14-23-21(15)19)16-9-11-24(12-10-16)22(25)17-6-4-7-18(13-17)26-2/h3-9,13-14,23H,10-12H2,1-2H3. The molecular formula is C22H22N2O2. The van der Waals surface area contributed by atoms with Crippen molar-refractivity contribution in [3.8, 4) is 5.75 Å². The lowest BCUT2D eigenvalue weighted by Gasteiger charge is -2.26. The first-order chi connectivity index (χ1) is 12.7. The second kappa shape index (κ2) is 6.71. The lowest BCUT2D eigenvalue weighted by Crippen LogP contribution is -2.34. The fraction of sp³-hybridized carbons (Fsp3) is 0.227. The van der Waals surface area contributed by atoms with Gasteiger partial charge in [-0.2, -0.15) is 0 Å². The van der Waals surface area contributed by atoms with Gasteiger partial charge < -0.3 is 14.6 Å². The first kappa shape index (κ1) is 16.5. The molecule has 2 heterocycles. The van der Waals surface area contributed by atoms with E-state index >= 15 is 0 Å². The molecule has 1 amide bonds. The number of aryl methyl sites for hydroxylation is 1. The van der Waals surface area contributed by atoms with Crippen LogP contribution in [-0.2, 0) is 0 Å². The summed E-state index contributed by atoms with van der Waals surface area (Å²) in [7, 11) is 1.61.